The Hall–Kier alpha value is -0.750. The van der Waals surface area contributed by atoms with Crippen LogP contribution in [0.1, 0.15) is 13.8 Å². The van der Waals surface area contributed by atoms with E-state index in [0.29, 0.717) is 0 Å². The minimum Gasteiger partial charge on any atom is -0.463 e. The zero-order valence-electron chi connectivity index (χ0n) is 8.81. The summed E-state index contributed by atoms with van der Waals surface area (Å²) in [5, 5.41) is -3.44. The van der Waals surface area contributed by atoms with E-state index in [0.717, 1.165) is 0 Å². The van der Waals surface area contributed by atoms with E-state index in [4.69, 9.17) is 11.6 Å². The van der Waals surface area contributed by atoms with Gasteiger partial charge in [-0.2, -0.15) is 13.2 Å². The fraction of sp³-hybridized carbons (Fsp3) is 0.667. The molecule has 0 rings (SSSR count). The lowest BCUT2D eigenvalue weighted by molar-refractivity contribution is -0.244. The van der Waals surface area contributed by atoms with Crippen LogP contribution in [0, 0.1) is 0 Å². The number of hydrogen-bond acceptors (Lipinski definition) is 3. The van der Waals surface area contributed by atoms with Crippen molar-refractivity contribution in [1.29, 1.82) is 0 Å². The van der Waals surface area contributed by atoms with Gasteiger partial charge >= 0.3 is 17.2 Å². The van der Waals surface area contributed by atoms with Crippen LogP contribution in [-0.4, -0.2) is 30.4 Å². The Bertz CT molecular complexity index is 265. The second kappa shape index (κ2) is 6.10. The van der Waals surface area contributed by atoms with Gasteiger partial charge in [0.1, 0.15) is 0 Å². The van der Waals surface area contributed by atoms with E-state index in [-0.39, 0.29) is 6.61 Å². The molecule has 16 heavy (non-hydrogen) atoms. The summed E-state index contributed by atoms with van der Waals surface area (Å²) in [4.78, 5) is 11.1. The molecule has 0 bridgehead atoms. The summed E-state index contributed by atoms with van der Waals surface area (Å²) in [7, 11) is 0. The number of halogens is 4. The van der Waals surface area contributed by atoms with E-state index in [2.05, 4.69) is 9.47 Å². The first-order chi connectivity index (χ1) is 7.29. The van der Waals surface area contributed by atoms with Crippen LogP contribution in [0.3, 0.4) is 0 Å². The third-order valence-electron chi connectivity index (χ3n) is 1.52. The second-order valence-corrected chi connectivity index (χ2v) is 3.23. The van der Waals surface area contributed by atoms with Gasteiger partial charge in [-0.05, 0) is 13.8 Å². The minimum atomic E-state index is -5.04. The molecule has 0 aliphatic carbocycles. The van der Waals surface area contributed by atoms with E-state index >= 15 is 0 Å². The Morgan fingerprint density at radius 1 is 1.44 bits per heavy atom. The molecular weight excluding hydrogens is 249 g/mol. The van der Waals surface area contributed by atoms with Gasteiger partial charge < -0.3 is 9.47 Å². The van der Waals surface area contributed by atoms with Crippen LogP contribution in [0.2, 0.25) is 0 Å². The standard InChI is InChI=1S/C9H12ClF3O3/c1-3-5-6-16-8(10,9(11,12)13)7(14)15-4-2/h3,5H,4,6H2,1-2H3/b5-3+. The van der Waals surface area contributed by atoms with Crippen molar-refractivity contribution >= 4 is 17.6 Å². The van der Waals surface area contributed by atoms with Gasteiger partial charge in [-0.25, -0.2) is 4.79 Å². The Labute approximate surface area is 96.2 Å². The Balaban J connectivity index is 4.82. The van der Waals surface area contributed by atoms with Crippen LogP contribution in [0.25, 0.3) is 0 Å². The molecule has 0 saturated carbocycles. The lowest BCUT2D eigenvalue weighted by Gasteiger charge is -2.26. The maximum atomic E-state index is 12.5. The third-order valence-corrected chi connectivity index (χ3v) is 1.99. The van der Waals surface area contributed by atoms with Crippen molar-refractivity contribution in [3.05, 3.63) is 12.2 Å². The Morgan fingerprint density at radius 3 is 2.38 bits per heavy atom. The fourth-order valence-electron chi connectivity index (χ4n) is 0.740. The minimum absolute atomic E-state index is 0.212. The molecule has 1 unspecified atom stereocenters. The lowest BCUT2D eigenvalue weighted by atomic mass is 10.3. The van der Waals surface area contributed by atoms with Gasteiger partial charge in [0.25, 0.3) is 0 Å². The number of ether oxygens (including phenoxy) is 2. The summed E-state index contributed by atoms with van der Waals surface area (Å²) in [6.07, 6.45) is -2.27. The number of hydrogen-bond donors (Lipinski definition) is 0. The molecule has 0 aromatic carbocycles. The predicted molar refractivity (Wildman–Crippen MR) is 52.0 cm³/mol. The number of alkyl halides is 4. The average molecular weight is 261 g/mol. The third kappa shape index (κ3) is 3.68. The molecule has 0 aromatic rings. The quantitative estimate of drug-likeness (QED) is 0.433. The molecule has 0 fully saturated rings. The molecule has 94 valence electrons. The molecular formula is C9H12ClF3O3. The van der Waals surface area contributed by atoms with Crippen molar-refractivity contribution in [2.45, 2.75) is 25.1 Å². The van der Waals surface area contributed by atoms with Crippen molar-refractivity contribution in [3.8, 4) is 0 Å². The summed E-state index contributed by atoms with van der Waals surface area (Å²) >= 11 is 5.12. The normalized spacial score (nSPS) is 16.1. The first-order valence-electron chi connectivity index (χ1n) is 4.47. The van der Waals surface area contributed by atoms with Gasteiger partial charge in [0, 0.05) is 0 Å². The highest BCUT2D eigenvalue weighted by Gasteiger charge is 2.62. The van der Waals surface area contributed by atoms with E-state index in [9.17, 15) is 18.0 Å². The van der Waals surface area contributed by atoms with Crippen LogP contribution in [0.15, 0.2) is 12.2 Å². The Kier molecular flexibility index (Phi) is 5.81. The lowest BCUT2D eigenvalue weighted by Crippen LogP contribution is -2.50. The maximum absolute atomic E-state index is 12.5. The van der Waals surface area contributed by atoms with Crippen LogP contribution in [-0.2, 0) is 14.3 Å². The molecule has 0 aliphatic heterocycles. The molecule has 7 heteroatoms. The van der Waals surface area contributed by atoms with E-state index < -0.39 is 23.8 Å². The van der Waals surface area contributed by atoms with Crippen molar-refractivity contribution in [2.24, 2.45) is 0 Å². The molecule has 1 atom stereocenters. The van der Waals surface area contributed by atoms with E-state index in [1.165, 1.54) is 19.1 Å². The maximum Gasteiger partial charge on any atom is 0.443 e. The van der Waals surface area contributed by atoms with Crippen LogP contribution in [0.4, 0.5) is 13.2 Å². The zero-order valence-corrected chi connectivity index (χ0v) is 9.56. The molecule has 0 aliphatic rings. The van der Waals surface area contributed by atoms with Crippen molar-refractivity contribution in [2.75, 3.05) is 13.2 Å². The van der Waals surface area contributed by atoms with Crippen molar-refractivity contribution in [1.82, 2.24) is 0 Å². The highest BCUT2D eigenvalue weighted by Crippen LogP contribution is 2.38. The van der Waals surface area contributed by atoms with Crippen LogP contribution in [0.5, 0.6) is 0 Å². The predicted octanol–water partition coefficient (Wildman–Crippen LogP) is 2.64. The molecule has 0 radical (unpaired) electrons. The zero-order chi connectivity index (χ0) is 12.8. The van der Waals surface area contributed by atoms with Gasteiger partial charge in [0.15, 0.2) is 0 Å². The summed E-state index contributed by atoms with van der Waals surface area (Å²) in [6, 6.07) is 0. The van der Waals surface area contributed by atoms with E-state index in [1.807, 2.05) is 0 Å². The van der Waals surface area contributed by atoms with Crippen LogP contribution < -0.4 is 0 Å². The number of allylic oxidation sites excluding steroid dienone is 1. The molecule has 0 amide bonds. The van der Waals surface area contributed by atoms with Gasteiger partial charge in [-0.15, -0.1) is 0 Å². The largest absolute Gasteiger partial charge is 0.463 e. The summed E-state index contributed by atoms with van der Waals surface area (Å²) in [6.45, 7) is 2.32. The van der Waals surface area contributed by atoms with Crippen molar-refractivity contribution in [3.63, 3.8) is 0 Å². The number of esters is 1. The first-order valence-corrected chi connectivity index (χ1v) is 4.85. The first kappa shape index (κ1) is 15.2. The highest BCUT2D eigenvalue weighted by molar-refractivity contribution is 6.33. The van der Waals surface area contributed by atoms with Crippen LogP contribution >= 0.6 is 11.6 Å². The number of rotatable bonds is 5. The van der Waals surface area contributed by atoms with Gasteiger partial charge in [0.2, 0.25) is 0 Å². The summed E-state index contributed by atoms with van der Waals surface area (Å²) in [5.41, 5.74) is 0. The van der Waals surface area contributed by atoms with Gasteiger partial charge in [0.05, 0.1) is 13.2 Å². The highest BCUT2D eigenvalue weighted by atomic mass is 35.5. The second-order valence-electron chi connectivity index (χ2n) is 2.69. The molecule has 0 spiro atoms. The average Bonchev–Trinajstić information content (AvgIpc) is 2.16. The Morgan fingerprint density at radius 2 is 2.00 bits per heavy atom. The molecule has 0 N–H and O–H groups in total. The number of carbonyl (C=O) groups is 1. The molecule has 3 nitrogen and oxygen atoms in total. The summed E-state index contributed by atoms with van der Waals surface area (Å²) in [5.74, 6) is -1.66. The fourth-order valence-corrected chi connectivity index (χ4v) is 0.857. The van der Waals surface area contributed by atoms with Gasteiger partial charge in [-0.3, -0.25) is 0 Å². The smallest absolute Gasteiger partial charge is 0.443 e. The van der Waals surface area contributed by atoms with E-state index in [1.54, 1.807) is 6.92 Å². The summed E-state index contributed by atoms with van der Waals surface area (Å²) < 4.78 is 46.1. The molecule has 0 saturated heterocycles. The SMILES string of the molecule is C/C=C/COC(Cl)(C(=O)OCC)C(F)(F)F. The molecule has 0 heterocycles. The number of carbonyl (C=O) groups excluding carboxylic acids is 1. The monoisotopic (exact) mass is 260 g/mol. The van der Waals surface area contributed by atoms with Crippen molar-refractivity contribution < 1.29 is 27.4 Å². The topological polar surface area (TPSA) is 35.5 Å². The van der Waals surface area contributed by atoms with Gasteiger partial charge in [-0.1, -0.05) is 23.8 Å². The molecule has 0 aromatic heterocycles.